The second-order valence-corrected chi connectivity index (χ2v) is 7.24. The molecule has 4 N–H and O–H groups in total. The molecule has 0 aliphatic carbocycles. The molecule has 0 radical (unpaired) electrons. The van der Waals surface area contributed by atoms with Crippen LogP contribution in [-0.2, 0) is 18.0 Å². The lowest BCUT2D eigenvalue weighted by atomic mass is 10.0. The third-order valence-electron chi connectivity index (χ3n) is 5.19. The molecule has 0 saturated heterocycles. The number of fused-ring (bicyclic) bond motifs is 1. The molecular formula is C23H23N3O4. The maximum absolute atomic E-state index is 10.4. The Bertz CT molecular complexity index is 1130. The Labute approximate surface area is 174 Å². The van der Waals surface area contributed by atoms with Gasteiger partial charge in [-0.15, -0.1) is 0 Å². The summed E-state index contributed by atoms with van der Waals surface area (Å²) in [6.45, 7) is 3.74. The lowest BCUT2D eigenvalue weighted by Crippen LogP contribution is -2.09. The number of pyridine rings is 1. The van der Waals surface area contributed by atoms with Crippen LogP contribution in [0.4, 0.5) is 11.4 Å². The Morgan fingerprint density at radius 3 is 2.83 bits per heavy atom. The summed E-state index contributed by atoms with van der Waals surface area (Å²) >= 11 is 0. The monoisotopic (exact) mass is 405 g/mol. The van der Waals surface area contributed by atoms with Crippen LogP contribution in [0.1, 0.15) is 39.7 Å². The first-order chi connectivity index (χ1) is 14.5. The van der Waals surface area contributed by atoms with E-state index in [0.29, 0.717) is 40.2 Å². The van der Waals surface area contributed by atoms with E-state index in [1.807, 2.05) is 24.3 Å². The molecule has 1 aliphatic rings. The van der Waals surface area contributed by atoms with Crippen molar-refractivity contribution in [2.75, 3.05) is 5.32 Å². The van der Waals surface area contributed by atoms with E-state index in [9.17, 15) is 15.3 Å². The highest BCUT2D eigenvalue weighted by atomic mass is 16.5. The number of phenolic OH excluding ortho intramolecular Hbond substituents is 1. The molecule has 0 bridgehead atoms. The second-order valence-electron chi connectivity index (χ2n) is 7.24. The first-order valence-corrected chi connectivity index (χ1v) is 9.60. The molecular weight excluding hydrogens is 382 g/mol. The van der Waals surface area contributed by atoms with Crippen molar-refractivity contribution >= 4 is 17.6 Å². The number of aliphatic hydroxyl groups is 1. The quantitative estimate of drug-likeness (QED) is 0.478. The number of nitrogens with one attached hydrogen (secondary N) is 1. The van der Waals surface area contributed by atoms with Crippen LogP contribution in [0.5, 0.6) is 11.5 Å². The number of nitrogens with zero attached hydrogens (tertiary/aromatic N) is 2. The number of aromatic hydroxyl groups is 2. The van der Waals surface area contributed by atoms with Gasteiger partial charge in [-0.2, -0.15) is 0 Å². The SMILES string of the molecule is Cc1ccc(CO)c(C=Nc2cccc(NC3OCc4cnc(C)c(O)c43)c2)c1O. The summed E-state index contributed by atoms with van der Waals surface area (Å²) in [5.41, 5.74) is 5.37. The van der Waals surface area contributed by atoms with Gasteiger partial charge < -0.3 is 25.4 Å². The highest BCUT2D eigenvalue weighted by Crippen LogP contribution is 2.38. The normalized spacial score (nSPS) is 15.5. The molecule has 1 unspecified atom stereocenters. The van der Waals surface area contributed by atoms with E-state index in [2.05, 4.69) is 15.3 Å². The van der Waals surface area contributed by atoms with E-state index in [1.54, 1.807) is 38.4 Å². The molecule has 0 spiro atoms. The van der Waals surface area contributed by atoms with Crippen molar-refractivity contribution in [3.8, 4) is 11.5 Å². The zero-order valence-corrected chi connectivity index (χ0v) is 16.8. The third kappa shape index (κ3) is 3.72. The third-order valence-corrected chi connectivity index (χ3v) is 5.19. The number of phenols is 1. The summed E-state index contributed by atoms with van der Waals surface area (Å²) < 4.78 is 5.78. The number of aromatic nitrogens is 1. The van der Waals surface area contributed by atoms with Gasteiger partial charge in [-0.1, -0.05) is 18.2 Å². The smallest absolute Gasteiger partial charge is 0.158 e. The van der Waals surface area contributed by atoms with Gasteiger partial charge >= 0.3 is 0 Å². The van der Waals surface area contributed by atoms with Crippen LogP contribution in [0.25, 0.3) is 0 Å². The van der Waals surface area contributed by atoms with E-state index in [1.165, 1.54) is 0 Å². The van der Waals surface area contributed by atoms with Gasteiger partial charge in [0.2, 0.25) is 0 Å². The van der Waals surface area contributed by atoms with E-state index in [-0.39, 0.29) is 18.1 Å². The van der Waals surface area contributed by atoms with Crippen molar-refractivity contribution in [3.05, 3.63) is 76.1 Å². The molecule has 7 heteroatoms. The average molecular weight is 405 g/mol. The molecule has 4 rings (SSSR count). The minimum Gasteiger partial charge on any atom is -0.507 e. The van der Waals surface area contributed by atoms with Crippen LogP contribution in [0.3, 0.4) is 0 Å². The van der Waals surface area contributed by atoms with Crippen LogP contribution >= 0.6 is 0 Å². The van der Waals surface area contributed by atoms with Gasteiger partial charge in [-0.3, -0.25) is 9.98 Å². The summed E-state index contributed by atoms with van der Waals surface area (Å²) in [5, 5.41) is 33.5. The molecule has 2 heterocycles. The highest BCUT2D eigenvalue weighted by Gasteiger charge is 2.28. The fourth-order valence-electron chi connectivity index (χ4n) is 3.44. The number of aliphatic hydroxyl groups excluding tert-OH is 1. The van der Waals surface area contributed by atoms with Gasteiger partial charge in [0.05, 0.1) is 30.2 Å². The van der Waals surface area contributed by atoms with Crippen LogP contribution in [0, 0.1) is 13.8 Å². The minimum absolute atomic E-state index is 0.106. The minimum atomic E-state index is -0.484. The van der Waals surface area contributed by atoms with Crippen molar-refractivity contribution < 1.29 is 20.1 Å². The molecule has 1 aromatic heterocycles. The van der Waals surface area contributed by atoms with Crippen molar-refractivity contribution in [2.24, 2.45) is 4.99 Å². The molecule has 30 heavy (non-hydrogen) atoms. The topological polar surface area (TPSA) is 107 Å². The predicted octanol–water partition coefficient (Wildman–Crippen LogP) is 3.99. The number of anilines is 1. The molecule has 0 saturated carbocycles. The summed E-state index contributed by atoms with van der Waals surface area (Å²) in [5.74, 6) is 0.248. The number of aliphatic imine (C=N–C) groups is 1. The lowest BCUT2D eigenvalue weighted by molar-refractivity contribution is 0.0848. The van der Waals surface area contributed by atoms with Crippen molar-refractivity contribution in [2.45, 2.75) is 33.3 Å². The van der Waals surface area contributed by atoms with E-state index >= 15 is 0 Å². The standard InChI is InChI=1S/C23H23N3O4/c1-13-6-7-15(11-27)19(21(13)28)10-25-17-4-3-5-18(8-17)26-23-20-16(12-30-23)9-24-14(2)22(20)29/h3-10,23,26-29H,11-12H2,1-2H3. The molecule has 0 amide bonds. The largest absolute Gasteiger partial charge is 0.507 e. The van der Waals surface area contributed by atoms with Crippen LogP contribution in [0.2, 0.25) is 0 Å². The van der Waals surface area contributed by atoms with Gasteiger partial charge in [-0.05, 0) is 43.2 Å². The number of rotatable bonds is 5. The second kappa shape index (κ2) is 8.14. The molecule has 0 fully saturated rings. The first kappa shape index (κ1) is 19.9. The van der Waals surface area contributed by atoms with Crippen molar-refractivity contribution in [1.29, 1.82) is 0 Å². The van der Waals surface area contributed by atoms with E-state index < -0.39 is 6.23 Å². The Morgan fingerprint density at radius 1 is 1.20 bits per heavy atom. The number of aryl methyl sites for hydroxylation is 2. The molecule has 7 nitrogen and oxygen atoms in total. The lowest BCUT2D eigenvalue weighted by Gasteiger charge is -2.16. The van der Waals surface area contributed by atoms with Gasteiger partial charge in [-0.25, -0.2) is 0 Å². The summed E-state index contributed by atoms with van der Waals surface area (Å²) in [4.78, 5) is 8.63. The summed E-state index contributed by atoms with van der Waals surface area (Å²) in [6.07, 6.45) is 2.79. The fraction of sp³-hybridized carbons (Fsp3) is 0.217. The van der Waals surface area contributed by atoms with Crippen LogP contribution in [0.15, 0.2) is 47.6 Å². The van der Waals surface area contributed by atoms with Crippen LogP contribution in [-0.4, -0.2) is 26.5 Å². The number of hydrogen-bond acceptors (Lipinski definition) is 7. The van der Waals surface area contributed by atoms with Gasteiger partial charge in [0.25, 0.3) is 0 Å². The van der Waals surface area contributed by atoms with Crippen molar-refractivity contribution in [1.82, 2.24) is 4.98 Å². The first-order valence-electron chi connectivity index (χ1n) is 9.60. The van der Waals surface area contributed by atoms with Gasteiger partial charge in [0.1, 0.15) is 11.5 Å². The summed E-state index contributed by atoms with van der Waals surface area (Å²) in [7, 11) is 0. The molecule has 3 aromatic rings. The number of hydrogen-bond donors (Lipinski definition) is 4. The van der Waals surface area contributed by atoms with Gasteiger partial charge in [0.15, 0.2) is 6.23 Å². The average Bonchev–Trinajstić information content (AvgIpc) is 3.15. The number of ether oxygens (including phenoxy) is 1. The predicted molar refractivity (Wildman–Crippen MR) is 114 cm³/mol. The Kier molecular flexibility index (Phi) is 5.39. The Morgan fingerprint density at radius 2 is 2.03 bits per heavy atom. The Hall–Kier alpha value is -3.42. The molecule has 1 atom stereocenters. The zero-order valence-electron chi connectivity index (χ0n) is 16.8. The summed E-state index contributed by atoms with van der Waals surface area (Å²) in [6, 6.07) is 10.9. The Balaban J connectivity index is 1.58. The molecule has 1 aliphatic heterocycles. The van der Waals surface area contributed by atoms with Gasteiger partial charge in [0, 0.05) is 29.2 Å². The number of benzene rings is 2. The van der Waals surface area contributed by atoms with E-state index in [4.69, 9.17) is 4.74 Å². The molecule has 154 valence electrons. The fourth-order valence-corrected chi connectivity index (χ4v) is 3.44. The maximum atomic E-state index is 10.4. The van der Waals surface area contributed by atoms with Crippen LogP contribution < -0.4 is 5.32 Å². The highest BCUT2D eigenvalue weighted by molar-refractivity contribution is 5.88. The van der Waals surface area contributed by atoms with E-state index in [0.717, 1.165) is 11.3 Å². The maximum Gasteiger partial charge on any atom is 0.158 e. The van der Waals surface area contributed by atoms with Crippen molar-refractivity contribution in [3.63, 3.8) is 0 Å². The molecule has 2 aromatic carbocycles. The zero-order chi connectivity index (χ0) is 21.3.